The largest absolute Gasteiger partial charge is 0.379 e. The van der Waals surface area contributed by atoms with E-state index in [1.807, 2.05) is 0 Å². The zero-order valence-corrected chi connectivity index (χ0v) is 7.49. The summed E-state index contributed by atoms with van der Waals surface area (Å²) in [6, 6.07) is 0. The fourth-order valence-corrected chi connectivity index (χ4v) is 0.655. The summed E-state index contributed by atoms with van der Waals surface area (Å²) in [6.45, 7) is 4.02. The Morgan fingerprint density at radius 1 is 1.36 bits per heavy atom. The van der Waals surface area contributed by atoms with Crippen molar-refractivity contribution in [2.24, 2.45) is 0 Å². The van der Waals surface area contributed by atoms with Gasteiger partial charge in [-0.25, -0.2) is 0 Å². The van der Waals surface area contributed by atoms with Crippen molar-refractivity contribution in [3.8, 4) is 0 Å². The molecule has 5 nitrogen and oxygen atoms in total. The molecule has 1 heterocycles. The molecule has 6 heteroatoms. The number of ether oxygens (including phenoxy) is 1. The first kappa shape index (κ1) is 11.1. The highest BCUT2D eigenvalue weighted by Crippen LogP contribution is 1.98. The maximum absolute atomic E-state index is 8.74. The molecule has 0 saturated carbocycles. The Labute approximate surface area is 66.5 Å². The molecule has 0 amide bonds. The third-order valence-electron chi connectivity index (χ3n) is 1.23. The minimum atomic E-state index is -3.13. The van der Waals surface area contributed by atoms with Crippen molar-refractivity contribution in [3.05, 3.63) is 0 Å². The molecule has 0 aliphatic carbocycles. The van der Waals surface area contributed by atoms with Crippen LogP contribution in [0.15, 0.2) is 0 Å². The third-order valence-corrected chi connectivity index (χ3v) is 1.23. The number of hydrogen-bond acceptors (Lipinski definition) is 3. The van der Waals surface area contributed by atoms with Crippen molar-refractivity contribution < 1.29 is 19.1 Å². The molecule has 0 aromatic carbocycles. The van der Waals surface area contributed by atoms with Gasteiger partial charge in [0.2, 0.25) is 0 Å². The van der Waals surface area contributed by atoms with Gasteiger partial charge in [0.25, 0.3) is 0 Å². The molecule has 0 spiro atoms. The average Bonchev–Trinajstić information content (AvgIpc) is 1.87. The van der Waals surface area contributed by atoms with Crippen LogP contribution in [0.3, 0.4) is 0 Å². The van der Waals surface area contributed by atoms with Crippen LogP contribution < -0.4 is 0 Å². The minimum absolute atomic E-state index is 0.913. The SMILES string of the molecule is CN1CCOCC1.O=[PH](O)O. The van der Waals surface area contributed by atoms with Crippen LogP contribution >= 0.6 is 8.25 Å². The smallest absolute Gasteiger partial charge is 0.314 e. The highest BCUT2D eigenvalue weighted by Gasteiger charge is 2.02. The molecule has 1 rings (SSSR count). The topological polar surface area (TPSA) is 70.0 Å². The van der Waals surface area contributed by atoms with E-state index < -0.39 is 8.25 Å². The lowest BCUT2D eigenvalue weighted by molar-refractivity contribution is 0.0503. The molecule has 0 aromatic rings. The van der Waals surface area contributed by atoms with Crippen molar-refractivity contribution in [2.45, 2.75) is 0 Å². The predicted molar refractivity (Wildman–Crippen MR) is 41.8 cm³/mol. The maximum atomic E-state index is 8.74. The Hall–Kier alpha value is 0.0700. The van der Waals surface area contributed by atoms with E-state index in [0.29, 0.717) is 0 Å². The first-order valence-electron chi connectivity index (χ1n) is 3.31. The molecule has 0 radical (unpaired) electrons. The molecule has 0 aromatic heterocycles. The zero-order chi connectivity index (χ0) is 8.69. The van der Waals surface area contributed by atoms with Crippen LogP contribution in [-0.4, -0.2) is 48.0 Å². The van der Waals surface area contributed by atoms with Gasteiger partial charge in [-0.15, -0.1) is 0 Å². The van der Waals surface area contributed by atoms with Gasteiger partial charge in [-0.3, -0.25) is 4.57 Å². The number of nitrogens with zero attached hydrogens (tertiary/aromatic N) is 1. The number of rotatable bonds is 0. The van der Waals surface area contributed by atoms with Crippen LogP contribution in [0.1, 0.15) is 0 Å². The summed E-state index contributed by atoms with van der Waals surface area (Å²) in [5.41, 5.74) is 0. The zero-order valence-electron chi connectivity index (χ0n) is 6.49. The van der Waals surface area contributed by atoms with Crippen molar-refractivity contribution in [3.63, 3.8) is 0 Å². The molecule has 1 fully saturated rings. The van der Waals surface area contributed by atoms with Crippen LogP contribution in [0.2, 0.25) is 0 Å². The Kier molecular flexibility index (Phi) is 6.80. The second-order valence-electron chi connectivity index (χ2n) is 2.20. The van der Waals surface area contributed by atoms with E-state index in [1.54, 1.807) is 0 Å². The van der Waals surface area contributed by atoms with Gasteiger partial charge in [0.15, 0.2) is 0 Å². The molecule has 68 valence electrons. The van der Waals surface area contributed by atoms with Gasteiger partial charge in [0.05, 0.1) is 13.2 Å². The van der Waals surface area contributed by atoms with Gasteiger partial charge in [-0.2, -0.15) is 0 Å². The highest BCUT2D eigenvalue weighted by atomic mass is 31.1. The standard InChI is InChI=1S/C5H11NO.H3O3P/c1-6-2-4-7-5-3-6;1-4(2)3/h2-5H2,1H3;4H,(H2,1,2,3). The Balaban J connectivity index is 0.000000218. The van der Waals surface area contributed by atoms with Crippen LogP contribution in [0, 0.1) is 0 Å². The first-order chi connectivity index (χ1) is 5.13. The van der Waals surface area contributed by atoms with Gasteiger partial charge < -0.3 is 19.4 Å². The molecular formula is C5H14NO4P. The highest BCUT2D eigenvalue weighted by molar-refractivity contribution is 7.30. The van der Waals surface area contributed by atoms with Crippen molar-refractivity contribution >= 4 is 8.25 Å². The Bertz CT molecular complexity index is 111. The molecule has 11 heavy (non-hydrogen) atoms. The quantitative estimate of drug-likeness (QED) is 0.486. The summed E-state index contributed by atoms with van der Waals surface area (Å²) in [4.78, 5) is 16.6. The second kappa shape index (κ2) is 6.76. The number of likely N-dealkylation sites (N-methyl/N-ethyl adjacent to an activating group) is 1. The molecule has 1 saturated heterocycles. The summed E-state index contributed by atoms with van der Waals surface area (Å²) < 4.78 is 13.8. The van der Waals surface area contributed by atoms with E-state index in [1.165, 1.54) is 0 Å². The number of morpholine rings is 1. The molecule has 0 bridgehead atoms. The van der Waals surface area contributed by atoms with Crippen molar-refractivity contribution in [2.75, 3.05) is 33.4 Å². The monoisotopic (exact) mass is 183 g/mol. The molecule has 0 atom stereocenters. The predicted octanol–water partition coefficient (Wildman–Crippen LogP) is -0.691. The minimum Gasteiger partial charge on any atom is -0.379 e. The first-order valence-corrected chi connectivity index (χ1v) is 4.61. The van der Waals surface area contributed by atoms with Crippen LogP contribution in [0.25, 0.3) is 0 Å². The molecular weight excluding hydrogens is 169 g/mol. The third kappa shape index (κ3) is 10.1. The van der Waals surface area contributed by atoms with E-state index in [4.69, 9.17) is 19.1 Å². The fraction of sp³-hybridized carbons (Fsp3) is 1.00. The van der Waals surface area contributed by atoms with Gasteiger partial charge in [0.1, 0.15) is 0 Å². The van der Waals surface area contributed by atoms with E-state index in [2.05, 4.69) is 11.9 Å². The molecule has 2 N–H and O–H groups in total. The van der Waals surface area contributed by atoms with E-state index in [9.17, 15) is 0 Å². The van der Waals surface area contributed by atoms with Gasteiger partial charge in [0, 0.05) is 13.1 Å². The summed E-state index contributed by atoms with van der Waals surface area (Å²) >= 11 is 0. The van der Waals surface area contributed by atoms with E-state index >= 15 is 0 Å². The van der Waals surface area contributed by atoms with Gasteiger partial charge >= 0.3 is 8.25 Å². The molecule has 1 aliphatic rings. The lowest BCUT2D eigenvalue weighted by Crippen LogP contribution is -2.32. The van der Waals surface area contributed by atoms with Crippen LogP contribution in [0.4, 0.5) is 0 Å². The lowest BCUT2D eigenvalue weighted by Gasteiger charge is -2.21. The van der Waals surface area contributed by atoms with Crippen molar-refractivity contribution in [1.82, 2.24) is 4.90 Å². The molecule has 0 unspecified atom stereocenters. The normalized spacial score (nSPS) is 19.3. The summed E-state index contributed by atoms with van der Waals surface area (Å²) in [7, 11) is -1.02. The Morgan fingerprint density at radius 3 is 1.91 bits per heavy atom. The lowest BCUT2D eigenvalue weighted by atomic mass is 10.5. The van der Waals surface area contributed by atoms with E-state index in [-0.39, 0.29) is 0 Å². The van der Waals surface area contributed by atoms with Gasteiger partial charge in [-0.05, 0) is 7.05 Å². The van der Waals surface area contributed by atoms with E-state index in [0.717, 1.165) is 26.3 Å². The summed E-state index contributed by atoms with van der Waals surface area (Å²) in [5.74, 6) is 0. The van der Waals surface area contributed by atoms with Gasteiger partial charge in [-0.1, -0.05) is 0 Å². The van der Waals surface area contributed by atoms with Crippen molar-refractivity contribution in [1.29, 1.82) is 0 Å². The Morgan fingerprint density at radius 2 is 1.73 bits per heavy atom. The average molecular weight is 183 g/mol. The second-order valence-corrected chi connectivity index (χ2v) is 2.76. The summed E-state index contributed by atoms with van der Waals surface area (Å²) in [5, 5.41) is 0. The number of hydrogen-bond donors (Lipinski definition) is 2. The fourth-order valence-electron chi connectivity index (χ4n) is 0.655. The van der Waals surface area contributed by atoms with Crippen LogP contribution in [-0.2, 0) is 9.30 Å². The molecule has 1 aliphatic heterocycles. The maximum Gasteiger partial charge on any atom is 0.314 e. The van der Waals surface area contributed by atoms with Crippen LogP contribution in [0.5, 0.6) is 0 Å². The summed E-state index contributed by atoms with van der Waals surface area (Å²) in [6.07, 6.45) is 0.